The number of amides is 1. The number of aliphatic hydroxyl groups excluding tert-OH is 1. The Balaban J connectivity index is 4.10. The van der Waals surface area contributed by atoms with E-state index in [-0.39, 0.29) is 6.54 Å². The lowest BCUT2D eigenvalue weighted by Crippen LogP contribution is -2.43. The van der Waals surface area contributed by atoms with Crippen LogP contribution in [0.3, 0.4) is 0 Å². The van der Waals surface area contributed by atoms with Crippen molar-refractivity contribution in [3.05, 3.63) is 0 Å². The van der Waals surface area contributed by atoms with E-state index in [1.54, 1.807) is 25.5 Å². The molecule has 0 fully saturated rings. The van der Waals surface area contributed by atoms with Crippen LogP contribution in [0.25, 0.3) is 0 Å². The molecule has 0 aromatic carbocycles. The fourth-order valence-corrected chi connectivity index (χ4v) is 1.49. The first-order valence-electron chi connectivity index (χ1n) is 4.93. The SMILES string of the molecule is CCC(O)CNS(=O)(=O)NC(=O)OC(C)C. The first kappa shape index (κ1) is 15.1. The number of rotatable bonds is 6. The van der Waals surface area contributed by atoms with E-state index >= 15 is 0 Å². The first-order valence-corrected chi connectivity index (χ1v) is 6.41. The number of aliphatic hydroxyl groups is 1. The molecule has 0 aliphatic heterocycles. The molecule has 1 atom stereocenters. The molecule has 0 heterocycles. The average Bonchev–Trinajstić information content (AvgIpc) is 2.11. The smallest absolute Gasteiger partial charge is 0.422 e. The van der Waals surface area contributed by atoms with Crippen LogP contribution in [-0.2, 0) is 14.9 Å². The van der Waals surface area contributed by atoms with E-state index in [1.807, 2.05) is 4.72 Å². The van der Waals surface area contributed by atoms with Crippen LogP contribution in [-0.4, -0.2) is 38.4 Å². The quantitative estimate of drug-likeness (QED) is 0.605. The molecule has 0 aliphatic carbocycles. The van der Waals surface area contributed by atoms with Crippen LogP contribution in [0.5, 0.6) is 0 Å². The van der Waals surface area contributed by atoms with Crippen LogP contribution in [0.1, 0.15) is 27.2 Å². The zero-order valence-corrected chi connectivity index (χ0v) is 10.4. The zero-order chi connectivity index (χ0) is 12.8. The van der Waals surface area contributed by atoms with E-state index in [2.05, 4.69) is 4.74 Å². The molecule has 1 unspecified atom stereocenters. The van der Waals surface area contributed by atoms with Crippen molar-refractivity contribution in [3.8, 4) is 0 Å². The predicted molar refractivity (Wildman–Crippen MR) is 58.0 cm³/mol. The molecule has 0 radical (unpaired) electrons. The first-order chi connectivity index (χ1) is 7.26. The minimum atomic E-state index is -3.97. The fourth-order valence-electron chi connectivity index (χ4n) is 0.734. The lowest BCUT2D eigenvalue weighted by molar-refractivity contribution is 0.121. The maximum atomic E-state index is 11.2. The van der Waals surface area contributed by atoms with E-state index in [0.717, 1.165) is 0 Å². The second kappa shape index (κ2) is 6.66. The summed E-state index contributed by atoms with van der Waals surface area (Å²) >= 11 is 0. The second-order valence-corrected chi connectivity index (χ2v) is 4.97. The van der Waals surface area contributed by atoms with E-state index in [4.69, 9.17) is 5.11 Å². The highest BCUT2D eigenvalue weighted by Gasteiger charge is 2.16. The molecular weight excluding hydrogens is 236 g/mol. The number of carbonyl (C=O) groups excluding carboxylic acids is 1. The fraction of sp³-hybridized carbons (Fsp3) is 0.875. The van der Waals surface area contributed by atoms with Gasteiger partial charge in [-0.15, -0.1) is 0 Å². The van der Waals surface area contributed by atoms with Crippen molar-refractivity contribution in [2.75, 3.05) is 6.54 Å². The number of hydrogen-bond acceptors (Lipinski definition) is 5. The Hall–Kier alpha value is -0.860. The molecule has 0 aromatic heterocycles. The summed E-state index contributed by atoms with van der Waals surface area (Å²) in [6.07, 6.45) is -1.82. The molecule has 0 aliphatic rings. The lowest BCUT2D eigenvalue weighted by atomic mass is 10.3. The topological polar surface area (TPSA) is 105 Å². The Kier molecular flexibility index (Phi) is 6.31. The summed E-state index contributed by atoms with van der Waals surface area (Å²) in [6, 6.07) is 0. The number of hydrogen-bond donors (Lipinski definition) is 3. The summed E-state index contributed by atoms with van der Waals surface area (Å²) < 4.78 is 30.7. The van der Waals surface area contributed by atoms with Crippen molar-refractivity contribution < 1.29 is 23.1 Å². The Morgan fingerprint density at radius 3 is 2.44 bits per heavy atom. The van der Waals surface area contributed by atoms with Gasteiger partial charge in [-0.2, -0.15) is 13.1 Å². The van der Waals surface area contributed by atoms with Crippen molar-refractivity contribution in [3.63, 3.8) is 0 Å². The van der Waals surface area contributed by atoms with Crippen molar-refractivity contribution in [2.24, 2.45) is 0 Å². The minimum absolute atomic E-state index is 0.152. The van der Waals surface area contributed by atoms with Crippen LogP contribution in [0.2, 0.25) is 0 Å². The summed E-state index contributed by atoms with van der Waals surface area (Å²) in [7, 11) is -3.97. The van der Waals surface area contributed by atoms with Gasteiger partial charge in [0.25, 0.3) is 0 Å². The van der Waals surface area contributed by atoms with Crippen LogP contribution in [0.15, 0.2) is 0 Å². The number of nitrogens with one attached hydrogen (secondary N) is 2. The summed E-state index contributed by atoms with van der Waals surface area (Å²) in [6.45, 7) is 4.75. The van der Waals surface area contributed by atoms with Gasteiger partial charge in [0.2, 0.25) is 0 Å². The van der Waals surface area contributed by atoms with Gasteiger partial charge in [0, 0.05) is 6.54 Å². The van der Waals surface area contributed by atoms with Gasteiger partial charge in [-0.25, -0.2) is 9.52 Å². The highest BCUT2D eigenvalue weighted by molar-refractivity contribution is 7.88. The van der Waals surface area contributed by atoms with Crippen molar-refractivity contribution in [2.45, 2.75) is 39.4 Å². The van der Waals surface area contributed by atoms with E-state index in [0.29, 0.717) is 6.42 Å². The third kappa shape index (κ3) is 7.43. The van der Waals surface area contributed by atoms with Crippen LogP contribution >= 0.6 is 0 Å². The summed E-state index contributed by atoms with van der Waals surface area (Å²) in [5.41, 5.74) is 0. The largest absolute Gasteiger partial charge is 0.446 e. The van der Waals surface area contributed by atoms with Crippen LogP contribution in [0, 0.1) is 0 Å². The Labute approximate surface area is 95.4 Å². The van der Waals surface area contributed by atoms with Gasteiger partial charge in [-0.3, -0.25) is 0 Å². The molecule has 96 valence electrons. The summed E-state index contributed by atoms with van der Waals surface area (Å²) in [5, 5.41) is 9.13. The van der Waals surface area contributed by atoms with E-state index in [1.165, 1.54) is 0 Å². The highest BCUT2D eigenvalue weighted by atomic mass is 32.2. The lowest BCUT2D eigenvalue weighted by Gasteiger charge is -2.12. The number of ether oxygens (including phenoxy) is 1. The van der Waals surface area contributed by atoms with Crippen LogP contribution < -0.4 is 9.44 Å². The Morgan fingerprint density at radius 1 is 1.44 bits per heavy atom. The number of carbonyl (C=O) groups is 1. The molecule has 0 bridgehead atoms. The summed E-state index contributed by atoms with van der Waals surface area (Å²) in [4.78, 5) is 11.0. The second-order valence-electron chi connectivity index (χ2n) is 3.47. The molecule has 0 spiro atoms. The zero-order valence-electron chi connectivity index (χ0n) is 9.56. The van der Waals surface area contributed by atoms with Gasteiger partial charge in [-0.05, 0) is 20.3 Å². The van der Waals surface area contributed by atoms with Gasteiger partial charge < -0.3 is 9.84 Å². The third-order valence-electron chi connectivity index (χ3n) is 1.54. The van der Waals surface area contributed by atoms with Gasteiger partial charge in [0.05, 0.1) is 12.2 Å². The standard InChI is InChI=1S/C8H18N2O5S/c1-4-7(11)5-9-16(13,14)10-8(12)15-6(2)3/h6-7,9,11H,4-5H2,1-3H3,(H,10,12). The molecule has 1 amide bonds. The molecule has 3 N–H and O–H groups in total. The van der Waals surface area contributed by atoms with E-state index in [9.17, 15) is 13.2 Å². The Bertz CT molecular complexity index is 314. The van der Waals surface area contributed by atoms with Crippen LogP contribution in [0.4, 0.5) is 4.79 Å². The monoisotopic (exact) mass is 254 g/mol. The molecule has 0 aromatic rings. The molecule has 8 heteroatoms. The van der Waals surface area contributed by atoms with Gasteiger partial charge in [-0.1, -0.05) is 6.92 Å². The molecule has 16 heavy (non-hydrogen) atoms. The highest BCUT2D eigenvalue weighted by Crippen LogP contribution is 1.91. The normalized spacial score (nSPS) is 13.6. The molecule has 7 nitrogen and oxygen atoms in total. The van der Waals surface area contributed by atoms with Crippen molar-refractivity contribution in [1.82, 2.24) is 9.44 Å². The molecule has 0 saturated heterocycles. The maximum absolute atomic E-state index is 11.2. The maximum Gasteiger partial charge on any atom is 0.422 e. The molecule has 0 saturated carbocycles. The average molecular weight is 254 g/mol. The predicted octanol–water partition coefficient (Wildman–Crippen LogP) is -0.274. The summed E-state index contributed by atoms with van der Waals surface area (Å²) in [5.74, 6) is 0. The molecular formula is C8H18N2O5S. The van der Waals surface area contributed by atoms with Gasteiger partial charge in [0.1, 0.15) is 0 Å². The molecule has 0 rings (SSSR count). The third-order valence-corrected chi connectivity index (χ3v) is 2.52. The minimum Gasteiger partial charge on any atom is -0.446 e. The van der Waals surface area contributed by atoms with Crippen molar-refractivity contribution in [1.29, 1.82) is 0 Å². The Morgan fingerprint density at radius 2 is 2.00 bits per heavy atom. The van der Waals surface area contributed by atoms with Gasteiger partial charge in [0.15, 0.2) is 0 Å². The van der Waals surface area contributed by atoms with E-state index < -0.39 is 28.5 Å². The van der Waals surface area contributed by atoms with Gasteiger partial charge >= 0.3 is 16.3 Å². The van der Waals surface area contributed by atoms with Crippen molar-refractivity contribution >= 4 is 16.3 Å².